The van der Waals surface area contributed by atoms with Crippen LogP contribution in [0.4, 0.5) is 5.69 Å². The molecule has 0 aliphatic rings. The van der Waals surface area contributed by atoms with Crippen LogP contribution in [0.25, 0.3) is 22.6 Å². The standard InChI is InChI=1S/C28H21N3O3/c32-27(22-17-15-21(16-18-22)20-9-3-1-4-10-20)29-25-14-8-7-13-24(25)28-30-26(31-34-28)19-33-23-11-5-2-6-12-23/h1-18H,19H2,(H,29,32). The van der Waals surface area contributed by atoms with Crippen molar-refractivity contribution < 1.29 is 14.1 Å². The average molecular weight is 447 g/mol. The Bertz CT molecular complexity index is 1380. The summed E-state index contributed by atoms with van der Waals surface area (Å²) in [5.41, 5.74) is 3.92. The number of benzene rings is 4. The fourth-order valence-electron chi connectivity index (χ4n) is 3.50. The normalized spacial score (nSPS) is 10.6. The number of hydrogen-bond donors (Lipinski definition) is 1. The highest BCUT2D eigenvalue weighted by Crippen LogP contribution is 2.27. The third kappa shape index (κ3) is 4.86. The first-order valence-electron chi connectivity index (χ1n) is 10.8. The van der Waals surface area contributed by atoms with Gasteiger partial charge in [-0.15, -0.1) is 0 Å². The molecule has 0 unspecified atom stereocenters. The van der Waals surface area contributed by atoms with Crippen LogP contribution in [0, 0.1) is 0 Å². The fourth-order valence-corrected chi connectivity index (χ4v) is 3.50. The lowest BCUT2D eigenvalue weighted by Gasteiger charge is -2.09. The van der Waals surface area contributed by atoms with Gasteiger partial charge in [0.05, 0.1) is 11.3 Å². The summed E-state index contributed by atoms with van der Waals surface area (Å²) in [6.45, 7) is 0.176. The van der Waals surface area contributed by atoms with Crippen molar-refractivity contribution in [3.05, 3.63) is 121 Å². The van der Waals surface area contributed by atoms with Gasteiger partial charge in [-0.1, -0.05) is 78.0 Å². The number of hydrogen-bond acceptors (Lipinski definition) is 5. The molecular weight excluding hydrogens is 426 g/mol. The van der Waals surface area contributed by atoms with Gasteiger partial charge in [0.25, 0.3) is 11.8 Å². The first kappa shape index (κ1) is 21.2. The van der Waals surface area contributed by atoms with E-state index in [2.05, 4.69) is 15.5 Å². The van der Waals surface area contributed by atoms with Crippen molar-refractivity contribution in [1.82, 2.24) is 10.1 Å². The average Bonchev–Trinajstić information content (AvgIpc) is 3.38. The second-order valence-electron chi connectivity index (χ2n) is 7.56. The summed E-state index contributed by atoms with van der Waals surface area (Å²) in [6.07, 6.45) is 0. The highest BCUT2D eigenvalue weighted by molar-refractivity contribution is 6.06. The van der Waals surface area contributed by atoms with E-state index in [9.17, 15) is 4.79 Å². The number of carbonyl (C=O) groups is 1. The van der Waals surface area contributed by atoms with Crippen molar-refractivity contribution in [2.45, 2.75) is 6.61 Å². The quantitative estimate of drug-likeness (QED) is 0.320. The summed E-state index contributed by atoms with van der Waals surface area (Å²) in [4.78, 5) is 17.3. The van der Waals surface area contributed by atoms with Gasteiger partial charge in [0.2, 0.25) is 5.82 Å². The van der Waals surface area contributed by atoms with Gasteiger partial charge in [-0.2, -0.15) is 4.98 Å². The predicted molar refractivity (Wildman–Crippen MR) is 130 cm³/mol. The molecule has 5 aromatic rings. The molecule has 1 amide bonds. The maximum absolute atomic E-state index is 12.9. The molecule has 166 valence electrons. The highest BCUT2D eigenvalue weighted by Gasteiger charge is 2.16. The molecule has 0 fully saturated rings. The molecule has 34 heavy (non-hydrogen) atoms. The molecule has 1 aromatic heterocycles. The number of carbonyl (C=O) groups excluding carboxylic acids is 1. The summed E-state index contributed by atoms with van der Waals surface area (Å²) in [5, 5.41) is 6.95. The van der Waals surface area contributed by atoms with Gasteiger partial charge < -0.3 is 14.6 Å². The zero-order valence-corrected chi connectivity index (χ0v) is 18.2. The van der Waals surface area contributed by atoms with Crippen LogP contribution in [0.3, 0.4) is 0 Å². The Morgan fingerprint density at radius 2 is 1.41 bits per heavy atom. The number of aromatic nitrogens is 2. The zero-order chi connectivity index (χ0) is 23.2. The van der Waals surface area contributed by atoms with E-state index in [1.165, 1.54) is 0 Å². The molecule has 0 saturated carbocycles. The van der Waals surface area contributed by atoms with Crippen LogP contribution in [0.5, 0.6) is 5.75 Å². The minimum atomic E-state index is -0.223. The Labute approximate surface area is 196 Å². The summed E-state index contributed by atoms with van der Waals surface area (Å²) < 4.78 is 11.1. The van der Waals surface area contributed by atoms with E-state index < -0.39 is 0 Å². The number of rotatable bonds is 7. The molecule has 1 heterocycles. The summed E-state index contributed by atoms with van der Waals surface area (Å²) in [5.74, 6) is 1.22. The molecule has 6 nitrogen and oxygen atoms in total. The minimum Gasteiger partial charge on any atom is -0.485 e. The lowest BCUT2D eigenvalue weighted by molar-refractivity contribution is 0.102. The van der Waals surface area contributed by atoms with E-state index in [4.69, 9.17) is 9.26 Å². The highest BCUT2D eigenvalue weighted by atomic mass is 16.5. The third-order valence-corrected chi connectivity index (χ3v) is 5.24. The second kappa shape index (κ2) is 9.83. The lowest BCUT2D eigenvalue weighted by atomic mass is 10.0. The molecule has 0 aliphatic carbocycles. The van der Waals surface area contributed by atoms with E-state index >= 15 is 0 Å². The van der Waals surface area contributed by atoms with Crippen molar-refractivity contribution in [2.24, 2.45) is 0 Å². The number of ether oxygens (including phenoxy) is 1. The van der Waals surface area contributed by atoms with Crippen LogP contribution in [0.1, 0.15) is 16.2 Å². The van der Waals surface area contributed by atoms with Crippen LogP contribution in [-0.4, -0.2) is 16.0 Å². The molecule has 0 atom stereocenters. The fraction of sp³-hybridized carbons (Fsp3) is 0.0357. The van der Waals surface area contributed by atoms with Gasteiger partial charge in [0, 0.05) is 5.56 Å². The Balaban J connectivity index is 1.30. The van der Waals surface area contributed by atoms with E-state index in [1.54, 1.807) is 6.07 Å². The molecule has 0 bridgehead atoms. The van der Waals surface area contributed by atoms with Gasteiger partial charge in [0.1, 0.15) is 5.75 Å². The Hall–Kier alpha value is -4.71. The van der Waals surface area contributed by atoms with E-state index in [0.29, 0.717) is 28.5 Å². The van der Waals surface area contributed by atoms with E-state index in [1.807, 2.05) is 103 Å². The van der Waals surface area contributed by atoms with E-state index in [-0.39, 0.29) is 12.5 Å². The van der Waals surface area contributed by atoms with Gasteiger partial charge in [-0.25, -0.2) is 0 Å². The van der Waals surface area contributed by atoms with Crippen molar-refractivity contribution in [3.8, 4) is 28.3 Å². The van der Waals surface area contributed by atoms with Crippen LogP contribution in [-0.2, 0) is 6.61 Å². The number of nitrogens with zero attached hydrogens (tertiary/aromatic N) is 2. The SMILES string of the molecule is O=C(Nc1ccccc1-c1nc(COc2ccccc2)no1)c1ccc(-c2ccccc2)cc1. The van der Waals surface area contributed by atoms with Crippen molar-refractivity contribution >= 4 is 11.6 Å². The largest absolute Gasteiger partial charge is 0.485 e. The lowest BCUT2D eigenvalue weighted by Crippen LogP contribution is -2.12. The Morgan fingerprint density at radius 3 is 2.18 bits per heavy atom. The van der Waals surface area contributed by atoms with Crippen LogP contribution >= 0.6 is 0 Å². The predicted octanol–water partition coefficient (Wildman–Crippen LogP) is 6.23. The van der Waals surface area contributed by atoms with E-state index in [0.717, 1.165) is 16.9 Å². The maximum atomic E-state index is 12.9. The molecule has 1 N–H and O–H groups in total. The summed E-state index contributed by atoms with van der Waals surface area (Å²) in [6, 6.07) is 34.3. The smallest absolute Gasteiger partial charge is 0.260 e. The zero-order valence-electron chi connectivity index (χ0n) is 18.2. The molecule has 0 spiro atoms. The molecule has 5 rings (SSSR count). The first-order chi connectivity index (χ1) is 16.8. The van der Waals surface area contributed by atoms with Gasteiger partial charge >= 0.3 is 0 Å². The number of amides is 1. The monoisotopic (exact) mass is 447 g/mol. The first-order valence-corrected chi connectivity index (χ1v) is 10.8. The number of anilines is 1. The molecule has 0 radical (unpaired) electrons. The van der Waals surface area contributed by atoms with Gasteiger partial charge in [-0.3, -0.25) is 4.79 Å². The van der Waals surface area contributed by atoms with Crippen molar-refractivity contribution in [2.75, 3.05) is 5.32 Å². The number of para-hydroxylation sites is 2. The molecule has 6 heteroatoms. The summed E-state index contributed by atoms with van der Waals surface area (Å²) >= 11 is 0. The van der Waals surface area contributed by atoms with Crippen molar-refractivity contribution in [3.63, 3.8) is 0 Å². The third-order valence-electron chi connectivity index (χ3n) is 5.24. The van der Waals surface area contributed by atoms with Gasteiger partial charge in [0.15, 0.2) is 6.61 Å². The minimum absolute atomic E-state index is 0.176. The van der Waals surface area contributed by atoms with Crippen LogP contribution in [0.2, 0.25) is 0 Å². The Morgan fingerprint density at radius 1 is 0.765 bits per heavy atom. The second-order valence-corrected chi connectivity index (χ2v) is 7.56. The molecular formula is C28H21N3O3. The Kier molecular flexibility index (Phi) is 6.12. The number of nitrogens with one attached hydrogen (secondary N) is 1. The summed E-state index contributed by atoms with van der Waals surface area (Å²) in [7, 11) is 0. The van der Waals surface area contributed by atoms with Crippen molar-refractivity contribution in [1.29, 1.82) is 0 Å². The maximum Gasteiger partial charge on any atom is 0.260 e. The molecule has 4 aromatic carbocycles. The van der Waals surface area contributed by atoms with Crippen LogP contribution < -0.4 is 10.1 Å². The molecule has 0 aliphatic heterocycles. The topological polar surface area (TPSA) is 77.2 Å². The van der Waals surface area contributed by atoms with Gasteiger partial charge in [-0.05, 0) is 47.5 Å². The molecule has 0 saturated heterocycles. The van der Waals surface area contributed by atoms with Crippen LogP contribution in [0.15, 0.2) is 114 Å².